The van der Waals surface area contributed by atoms with Gasteiger partial charge >= 0.3 is 5.97 Å². The smallest absolute Gasteiger partial charge is 0.303 e. The van der Waals surface area contributed by atoms with Crippen molar-refractivity contribution in [2.75, 3.05) is 19.8 Å². The van der Waals surface area contributed by atoms with Crippen LogP contribution in [0.1, 0.15) is 39.5 Å². The van der Waals surface area contributed by atoms with Crippen LogP contribution < -0.4 is 5.32 Å². The quantitative estimate of drug-likeness (QED) is 0.738. The molecule has 0 aliphatic carbocycles. The number of hydrogen-bond donors (Lipinski definition) is 2. The minimum absolute atomic E-state index is 0.0151. The largest absolute Gasteiger partial charge is 0.481 e. The van der Waals surface area contributed by atoms with Gasteiger partial charge in [0.05, 0.1) is 0 Å². The van der Waals surface area contributed by atoms with Crippen molar-refractivity contribution >= 4 is 11.9 Å². The average molecular weight is 271 g/mol. The van der Waals surface area contributed by atoms with Crippen LogP contribution in [0.5, 0.6) is 0 Å². The van der Waals surface area contributed by atoms with Gasteiger partial charge in [-0.2, -0.15) is 0 Å². The van der Waals surface area contributed by atoms with Crippen molar-refractivity contribution in [1.82, 2.24) is 5.32 Å². The molecule has 0 bridgehead atoms. The highest BCUT2D eigenvalue weighted by Crippen LogP contribution is 2.17. The number of carboxylic acid groups (broad SMARTS) is 1. The van der Waals surface area contributed by atoms with E-state index < -0.39 is 5.97 Å². The molecule has 1 aliphatic rings. The Kier molecular flexibility index (Phi) is 6.84. The minimum atomic E-state index is -0.800. The van der Waals surface area contributed by atoms with E-state index in [1.165, 1.54) is 0 Å². The Morgan fingerprint density at radius 1 is 1.32 bits per heavy atom. The number of nitrogens with one attached hydrogen (secondary N) is 1. The summed E-state index contributed by atoms with van der Waals surface area (Å²) in [5, 5.41) is 11.8. The van der Waals surface area contributed by atoms with Crippen LogP contribution in [-0.4, -0.2) is 36.7 Å². The predicted octanol–water partition coefficient (Wildman–Crippen LogP) is 1.67. The van der Waals surface area contributed by atoms with E-state index in [4.69, 9.17) is 9.84 Å². The van der Waals surface area contributed by atoms with Crippen molar-refractivity contribution in [3.05, 3.63) is 0 Å². The Morgan fingerprint density at radius 3 is 2.47 bits per heavy atom. The first-order valence-corrected chi connectivity index (χ1v) is 7.06. The normalized spacial score (nSPS) is 18.3. The highest BCUT2D eigenvalue weighted by atomic mass is 16.5. The van der Waals surface area contributed by atoms with Crippen LogP contribution in [0.15, 0.2) is 0 Å². The lowest BCUT2D eigenvalue weighted by Gasteiger charge is -2.23. The monoisotopic (exact) mass is 271 g/mol. The fourth-order valence-electron chi connectivity index (χ4n) is 2.50. The molecule has 0 aromatic rings. The molecule has 0 radical (unpaired) electrons. The molecular weight excluding hydrogens is 246 g/mol. The standard InChI is InChI=1S/C14H25NO4/c1-10(2)7-11(8-13(16)17)9-15-14(18)12-3-5-19-6-4-12/h10-12H,3-9H2,1-2H3,(H,15,18)(H,16,17). The topological polar surface area (TPSA) is 75.6 Å². The maximum atomic E-state index is 12.0. The molecule has 1 aliphatic heterocycles. The fourth-order valence-corrected chi connectivity index (χ4v) is 2.50. The van der Waals surface area contributed by atoms with Crippen molar-refractivity contribution in [1.29, 1.82) is 0 Å². The molecule has 1 heterocycles. The van der Waals surface area contributed by atoms with Gasteiger partial charge in [0, 0.05) is 32.1 Å². The average Bonchev–Trinajstić information content (AvgIpc) is 2.35. The molecule has 1 atom stereocenters. The summed E-state index contributed by atoms with van der Waals surface area (Å²) >= 11 is 0. The molecule has 5 nitrogen and oxygen atoms in total. The molecular formula is C14H25NO4. The maximum Gasteiger partial charge on any atom is 0.303 e. The molecule has 110 valence electrons. The Hall–Kier alpha value is -1.10. The summed E-state index contributed by atoms with van der Waals surface area (Å²) in [4.78, 5) is 22.8. The van der Waals surface area contributed by atoms with Crippen LogP contribution in [0.4, 0.5) is 0 Å². The van der Waals surface area contributed by atoms with Gasteiger partial charge in [0.2, 0.25) is 5.91 Å². The molecule has 1 rings (SSSR count). The number of aliphatic carboxylic acids is 1. The molecule has 5 heteroatoms. The molecule has 1 saturated heterocycles. The summed E-state index contributed by atoms with van der Waals surface area (Å²) in [6, 6.07) is 0. The predicted molar refractivity (Wildman–Crippen MR) is 71.8 cm³/mol. The second-order valence-corrected chi connectivity index (χ2v) is 5.73. The van der Waals surface area contributed by atoms with Crippen LogP contribution in [0.3, 0.4) is 0 Å². The SMILES string of the molecule is CC(C)CC(CNC(=O)C1CCOCC1)CC(=O)O. The Labute approximate surface area is 114 Å². The van der Waals surface area contributed by atoms with Crippen LogP contribution in [0.25, 0.3) is 0 Å². The van der Waals surface area contributed by atoms with E-state index in [1.54, 1.807) is 0 Å². The molecule has 0 aromatic heterocycles. The molecule has 19 heavy (non-hydrogen) atoms. The van der Waals surface area contributed by atoms with Gasteiger partial charge in [-0.25, -0.2) is 0 Å². The Bertz CT molecular complexity index is 298. The van der Waals surface area contributed by atoms with Gasteiger partial charge in [0.15, 0.2) is 0 Å². The number of carbonyl (C=O) groups is 2. The van der Waals surface area contributed by atoms with Gasteiger partial charge < -0.3 is 15.2 Å². The Balaban J connectivity index is 2.36. The first kappa shape index (κ1) is 16.0. The molecule has 1 fully saturated rings. The van der Waals surface area contributed by atoms with E-state index in [1.807, 2.05) is 0 Å². The van der Waals surface area contributed by atoms with E-state index in [0.29, 0.717) is 25.7 Å². The van der Waals surface area contributed by atoms with E-state index in [9.17, 15) is 9.59 Å². The van der Waals surface area contributed by atoms with E-state index in [0.717, 1.165) is 19.3 Å². The number of ether oxygens (including phenoxy) is 1. The number of hydrogen-bond acceptors (Lipinski definition) is 3. The van der Waals surface area contributed by atoms with Crippen LogP contribution in [0, 0.1) is 17.8 Å². The zero-order valence-corrected chi connectivity index (χ0v) is 11.9. The van der Waals surface area contributed by atoms with Crippen molar-refractivity contribution in [3.8, 4) is 0 Å². The Morgan fingerprint density at radius 2 is 1.95 bits per heavy atom. The highest BCUT2D eigenvalue weighted by Gasteiger charge is 2.23. The lowest BCUT2D eigenvalue weighted by atomic mass is 9.93. The number of rotatable bonds is 7. The summed E-state index contributed by atoms with van der Waals surface area (Å²) in [6.45, 7) is 5.87. The fraction of sp³-hybridized carbons (Fsp3) is 0.857. The second kappa shape index (κ2) is 8.15. The summed E-state index contributed by atoms with van der Waals surface area (Å²) in [5.41, 5.74) is 0. The van der Waals surface area contributed by atoms with Crippen molar-refractivity contribution in [2.45, 2.75) is 39.5 Å². The third-order valence-corrected chi connectivity index (χ3v) is 3.43. The molecule has 0 saturated carbocycles. The van der Waals surface area contributed by atoms with Gasteiger partial charge in [-0.1, -0.05) is 13.8 Å². The summed E-state index contributed by atoms with van der Waals surface area (Å²) in [5.74, 6) is -0.280. The van der Waals surface area contributed by atoms with Crippen molar-refractivity contribution < 1.29 is 19.4 Å². The van der Waals surface area contributed by atoms with Gasteiger partial charge in [0.1, 0.15) is 0 Å². The molecule has 2 N–H and O–H groups in total. The zero-order valence-electron chi connectivity index (χ0n) is 11.9. The number of carboxylic acids is 1. The minimum Gasteiger partial charge on any atom is -0.481 e. The molecule has 0 aromatic carbocycles. The van der Waals surface area contributed by atoms with E-state index in [2.05, 4.69) is 19.2 Å². The number of carbonyl (C=O) groups excluding carboxylic acids is 1. The summed E-state index contributed by atoms with van der Waals surface area (Å²) in [7, 11) is 0. The first-order chi connectivity index (χ1) is 8.99. The summed E-state index contributed by atoms with van der Waals surface area (Å²) < 4.78 is 5.22. The molecule has 0 spiro atoms. The van der Waals surface area contributed by atoms with Crippen LogP contribution in [-0.2, 0) is 14.3 Å². The van der Waals surface area contributed by atoms with Crippen LogP contribution in [0.2, 0.25) is 0 Å². The van der Waals surface area contributed by atoms with Gasteiger partial charge in [-0.3, -0.25) is 9.59 Å². The van der Waals surface area contributed by atoms with E-state index in [-0.39, 0.29) is 24.2 Å². The zero-order chi connectivity index (χ0) is 14.3. The lowest BCUT2D eigenvalue weighted by Crippen LogP contribution is -2.37. The highest BCUT2D eigenvalue weighted by molar-refractivity contribution is 5.78. The van der Waals surface area contributed by atoms with Crippen LogP contribution >= 0.6 is 0 Å². The van der Waals surface area contributed by atoms with Gasteiger partial charge in [0.25, 0.3) is 0 Å². The number of amides is 1. The maximum absolute atomic E-state index is 12.0. The van der Waals surface area contributed by atoms with E-state index >= 15 is 0 Å². The van der Waals surface area contributed by atoms with Crippen molar-refractivity contribution in [2.24, 2.45) is 17.8 Å². The third kappa shape index (κ3) is 6.57. The second-order valence-electron chi connectivity index (χ2n) is 5.73. The molecule has 1 unspecified atom stereocenters. The van der Waals surface area contributed by atoms with Crippen molar-refractivity contribution in [3.63, 3.8) is 0 Å². The molecule has 1 amide bonds. The first-order valence-electron chi connectivity index (χ1n) is 7.06. The third-order valence-electron chi connectivity index (χ3n) is 3.43. The lowest BCUT2D eigenvalue weighted by molar-refractivity contribution is -0.138. The van der Waals surface area contributed by atoms with Gasteiger partial charge in [-0.15, -0.1) is 0 Å². The summed E-state index contributed by atoms with van der Waals surface area (Å²) in [6.07, 6.45) is 2.46. The van der Waals surface area contributed by atoms with Gasteiger partial charge in [-0.05, 0) is 31.1 Å².